The Hall–Kier alpha value is -1.30. The summed E-state index contributed by atoms with van der Waals surface area (Å²) in [6.07, 6.45) is -2.31. The fourth-order valence-electron chi connectivity index (χ4n) is 1.96. The molecule has 1 aliphatic heterocycles. The van der Waals surface area contributed by atoms with Gasteiger partial charge >= 0.3 is 6.18 Å². The number of pyridine rings is 1. The molecular weight excluding hydrogens is 245 g/mol. The van der Waals surface area contributed by atoms with E-state index in [0.29, 0.717) is 31.7 Å². The van der Waals surface area contributed by atoms with Gasteiger partial charge in [-0.05, 0) is 31.9 Å². The van der Waals surface area contributed by atoms with Crippen LogP contribution >= 0.6 is 0 Å². The van der Waals surface area contributed by atoms with Crippen molar-refractivity contribution < 1.29 is 18.3 Å². The molecule has 1 fully saturated rings. The van der Waals surface area contributed by atoms with Gasteiger partial charge in [0.25, 0.3) is 0 Å². The van der Waals surface area contributed by atoms with Crippen LogP contribution in [0.2, 0.25) is 0 Å². The first kappa shape index (κ1) is 13.1. The number of rotatable bonds is 1. The lowest BCUT2D eigenvalue weighted by Crippen LogP contribution is -2.42. The second-order valence-electron chi connectivity index (χ2n) is 4.89. The Bertz CT molecular complexity index is 404. The number of hydrogen-bond donors (Lipinski definition) is 1. The van der Waals surface area contributed by atoms with E-state index in [0.717, 1.165) is 12.3 Å². The van der Waals surface area contributed by atoms with Gasteiger partial charge in [0.1, 0.15) is 5.82 Å². The van der Waals surface area contributed by atoms with E-state index in [4.69, 9.17) is 0 Å². The van der Waals surface area contributed by atoms with E-state index in [1.807, 2.05) is 4.90 Å². The van der Waals surface area contributed by atoms with Crippen molar-refractivity contribution in [2.24, 2.45) is 0 Å². The van der Waals surface area contributed by atoms with Crippen LogP contribution in [0.25, 0.3) is 0 Å². The van der Waals surface area contributed by atoms with E-state index in [1.165, 1.54) is 6.07 Å². The number of hydrogen-bond acceptors (Lipinski definition) is 3. The van der Waals surface area contributed by atoms with Gasteiger partial charge in [-0.1, -0.05) is 0 Å². The average Bonchev–Trinajstić information content (AvgIpc) is 2.28. The number of nitrogens with zero attached hydrogens (tertiary/aromatic N) is 2. The summed E-state index contributed by atoms with van der Waals surface area (Å²) in [6.45, 7) is 2.97. The highest BCUT2D eigenvalue weighted by molar-refractivity contribution is 5.40. The van der Waals surface area contributed by atoms with Crippen LogP contribution < -0.4 is 4.90 Å². The zero-order valence-corrected chi connectivity index (χ0v) is 10.0. The standard InChI is InChI=1S/C12H15F3N2O/c1-11(18)4-6-17(7-5-11)10-3-2-9(8-16-10)12(13,14)15/h2-3,8,18H,4-7H2,1H3. The molecule has 1 saturated heterocycles. The molecule has 1 aliphatic rings. The molecule has 1 N–H and O–H groups in total. The topological polar surface area (TPSA) is 36.4 Å². The number of alkyl halides is 3. The van der Waals surface area contributed by atoms with Crippen LogP contribution in [0.1, 0.15) is 25.3 Å². The Kier molecular flexibility index (Phi) is 3.23. The molecule has 0 unspecified atom stereocenters. The maximum atomic E-state index is 12.4. The van der Waals surface area contributed by atoms with Crippen LogP contribution in [0.5, 0.6) is 0 Å². The lowest BCUT2D eigenvalue weighted by molar-refractivity contribution is -0.137. The monoisotopic (exact) mass is 260 g/mol. The Balaban J connectivity index is 2.07. The summed E-state index contributed by atoms with van der Waals surface area (Å²) < 4.78 is 37.1. The molecule has 0 spiro atoms. The smallest absolute Gasteiger partial charge is 0.390 e. The second kappa shape index (κ2) is 4.42. The molecule has 1 aromatic rings. The van der Waals surface area contributed by atoms with Gasteiger partial charge in [0.2, 0.25) is 0 Å². The molecule has 2 heterocycles. The summed E-state index contributed by atoms with van der Waals surface area (Å²) in [5.74, 6) is 0.526. The number of piperidine rings is 1. The number of anilines is 1. The average molecular weight is 260 g/mol. The highest BCUT2D eigenvalue weighted by Gasteiger charge is 2.32. The minimum absolute atomic E-state index is 0.526. The summed E-state index contributed by atoms with van der Waals surface area (Å²) in [5, 5.41) is 9.79. The highest BCUT2D eigenvalue weighted by Crippen LogP contribution is 2.30. The number of halogens is 3. The molecule has 0 aromatic carbocycles. The van der Waals surface area contributed by atoms with Crippen LogP contribution in [-0.2, 0) is 6.18 Å². The van der Waals surface area contributed by atoms with Crippen LogP contribution in [0.4, 0.5) is 19.0 Å². The Morgan fingerprint density at radius 1 is 1.28 bits per heavy atom. The predicted molar refractivity (Wildman–Crippen MR) is 61.3 cm³/mol. The van der Waals surface area contributed by atoms with Crippen LogP contribution in [-0.4, -0.2) is 28.8 Å². The van der Waals surface area contributed by atoms with Crippen LogP contribution in [0.3, 0.4) is 0 Å². The van der Waals surface area contributed by atoms with Gasteiger partial charge in [-0.15, -0.1) is 0 Å². The summed E-state index contributed by atoms with van der Waals surface area (Å²) >= 11 is 0. The zero-order valence-electron chi connectivity index (χ0n) is 10.0. The Morgan fingerprint density at radius 2 is 1.89 bits per heavy atom. The third kappa shape index (κ3) is 2.93. The second-order valence-corrected chi connectivity index (χ2v) is 4.89. The quantitative estimate of drug-likeness (QED) is 0.842. The minimum atomic E-state index is -4.35. The molecule has 0 amide bonds. The molecule has 0 bridgehead atoms. The van der Waals surface area contributed by atoms with Gasteiger partial charge in [0, 0.05) is 19.3 Å². The lowest BCUT2D eigenvalue weighted by Gasteiger charge is -2.36. The van der Waals surface area contributed by atoms with Crippen molar-refractivity contribution in [1.82, 2.24) is 4.98 Å². The first-order chi connectivity index (χ1) is 8.28. The van der Waals surface area contributed by atoms with Gasteiger partial charge < -0.3 is 10.0 Å². The van der Waals surface area contributed by atoms with Gasteiger partial charge in [-0.3, -0.25) is 0 Å². The van der Waals surface area contributed by atoms with E-state index in [9.17, 15) is 18.3 Å². The molecule has 0 saturated carbocycles. The van der Waals surface area contributed by atoms with E-state index >= 15 is 0 Å². The first-order valence-electron chi connectivity index (χ1n) is 5.78. The van der Waals surface area contributed by atoms with Crippen molar-refractivity contribution in [3.8, 4) is 0 Å². The van der Waals surface area contributed by atoms with E-state index < -0.39 is 17.3 Å². The van der Waals surface area contributed by atoms with E-state index in [-0.39, 0.29) is 0 Å². The molecule has 0 atom stereocenters. The zero-order chi connectivity index (χ0) is 13.4. The molecule has 3 nitrogen and oxygen atoms in total. The number of aliphatic hydroxyl groups is 1. The Morgan fingerprint density at radius 3 is 2.33 bits per heavy atom. The van der Waals surface area contributed by atoms with Crippen molar-refractivity contribution in [2.45, 2.75) is 31.5 Å². The molecule has 6 heteroatoms. The summed E-state index contributed by atoms with van der Waals surface area (Å²) in [5.41, 5.74) is -1.42. The highest BCUT2D eigenvalue weighted by atomic mass is 19.4. The maximum absolute atomic E-state index is 12.4. The summed E-state index contributed by atoms with van der Waals surface area (Å²) in [4.78, 5) is 5.73. The van der Waals surface area contributed by atoms with E-state index in [1.54, 1.807) is 6.92 Å². The first-order valence-corrected chi connectivity index (χ1v) is 5.78. The van der Waals surface area contributed by atoms with Crippen molar-refractivity contribution in [3.63, 3.8) is 0 Å². The Labute approximate surface area is 103 Å². The van der Waals surface area contributed by atoms with Crippen LogP contribution in [0.15, 0.2) is 18.3 Å². The van der Waals surface area contributed by atoms with Crippen molar-refractivity contribution >= 4 is 5.82 Å². The van der Waals surface area contributed by atoms with Gasteiger partial charge in [-0.2, -0.15) is 13.2 Å². The van der Waals surface area contributed by atoms with Gasteiger partial charge in [0.05, 0.1) is 11.2 Å². The molecule has 1 aromatic heterocycles. The molecule has 0 radical (unpaired) electrons. The number of aromatic nitrogens is 1. The van der Waals surface area contributed by atoms with Crippen molar-refractivity contribution in [2.75, 3.05) is 18.0 Å². The molecule has 2 rings (SSSR count). The van der Waals surface area contributed by atoms with Gasteiger partial charge in [-0.25, -0.2) is 4.98 Å². The summed E-state index contributed by atoms with van der Waals surface area (Å²) in [7, 11) is 0. The van der Waals surface area contributed by atoms with Crippen molar-refractivity contribution in [3.05, 3.63) is 23.9 Å². The lowest BCUT2D eigenvalue weighted by atomic mass is 9.94. The molecular formula is C12H15F3N2O. The third-order valence-corrected chi connectivity index (χ3v) is 3.24. The predicted octanol–water partition coefficient (Wildman–Crippen LogP) is 2.45. The van der Waals surface area contributed by atoms with Crippen LogP contribution in [0, 0.1) is 0 Å². The minimum Gasteiger partial charge on any atom is -0.390 e. The molecule has 18 heavy (non-hydrogen) atoms. The summed E-state index contributed by atoms with van der Waals surface area (Å²) in [6, 6.07) is 2.41. The van der Waals surface area contributed by atoms with Gasteiger partial charge in [0.15, 0.2) is 0 Å². The normalized spacial score (nSPS) is 19.9. The third-order valence-electron chi connectivity index (χ3n) is 3.24. The SMILES string of the molecule is CC1(O)CCN(c2ccc(C(F)(F)F)cn2)CC1. The fourth-order valence-corrected chi connectivity index (χ4v) is 1.96. The maximum Gasteiger partial charge on any atom is 0.417 e. The molecule has 0 aliphatic carbocycles. The fraction of sp³-hybridized carbons (Fsp3) is 0.583. The van der Waals surface area contributed by atoms with Crippen molar-refractivity contribution in [1.29, 1.82) is 0 Å². The van der Waals surface area contributed by atoms with E-state index in [2.05, 4.69) is 4.98 Å². The largest absolute Gasteiger partial charge is 0.417 e. The molecule has 100 valence electrons.